The molecule has 3 amide bonds. The van der Waals surface area contributed by atoms with Crippen LogP contribution in [0.25, 0.3) is 0 Å². The Morgan fingerprint density at radius 2 is 1.89 bits per heavy atom. The number of rotatable bonds is 5. The Kier molecular flexibility index (Phi) is 6.68. The van der Waals surface area contributed by atoms with Crippen LogP contribution < -0.4 is 10.6 Å². The molecule has 0 radical (unpaired) electrons. The molecule has 138 valence electrons. The van der Waals surface area contributed by atoms with Gasteiger partial charge in [0.25, 0.3) is 0 Å². The van der Waals surface area contributed by atoms with Crippen LogP contribution in [0, 0.1) is 18.3 Å². The van der Waals surface area contributed by atoms with E-state index in [9.17, 15) is 19.6 Å². The van der Waals surface area contributed by atoms with Crippen molar-refractivity contribution in [3.63, 3.8) is 0 Å². The van der Waals surface area contributed by atoms with Crippen LogP contribution in [0.4, 0.5) is 10.5 Å². The molecule has 1 heterocycles. The third-order valence-corrected chi connectivity index (χ3v) is 4.71. The van der Waals surface area contributed by atoms with E-state index in [4.69, 9.17) is 0 Å². The Morgan fingerprint density at radius 3 is 2.48 bits per heavy atom. The summed E-state index contributed by atoms with van der Waals surface area (Å²) >= 11 is 1.05. The summed E-state index contributed by atoms with van der Waals surface area (Å²) in [6.07, 6.45) is 0. The van der Waals surface area contributed by atoms with Gasteiger partial charge < -0.3 is 5.32 Å². The predicted octanol–water partition coefficient (Wildman–Crippen LogP) is 3.29. The van der Waals surface area contributed by atoms with E-state index in [1.54, 1.807) is 38.1 Å². The van der Waals surface area contributed by atoms with Crippen LogP contribution in [-0.2, 0) is 4.79 Å². The SMILES string of the molecule is CC(=O)c1cc(C#N)c(SC(C)C(=O)NC(=O)Nc2ccccc2)nc1C. The molecule has 1 unspecified atom stereocenters. The summed E-state index contributed by atoms with van der Waals surface area (Å²) in [6, 6.07) is 11.6. The number of benzene rings is 1. The number of Topliss-reactive ketones (excluding diaryl/α,β-unsaturated/α-hetero) is 1. The number of hydrogen-bond acceptors (Lipinski definition) is 6. The van der Waals surface area contributed by atoms with Gasteiger partial charge in [-0.1, -0.05) is 30.0 Å². The maximum atomic E-state index is 12.3. The standard InChI is InChI=1S/C19H18N4O3S/c1-11-16(12(2)24)9-14(10-20)18(21-11)27-13(3)17(25)23-19(26)22-15-7-5-4-6-8-15/h4-9,13H,1-3H3,(H2,22,23,25,26). The van der Waals surface area contributed by atoms with Crippen molar-refractivity contribution in [1.29, 1.82) is 5.26 Å². The lowest BCUT2D eigenvalue weighted by Gasteiger charge is -2.13. The monoisotopic (exact) mass is 382 g/mol. The van der Waals surface area contributed by atoms with E-state index in [-0.39, 0.29) is 11.3 Å². The molecule has 0 bridgehead atoms. The van der Waals surface area contributed by atoms with Crippen molar-refractivity contribution in [1.82, 2.24) is 10.3 Å². The molecule has 0 spiro atoms. The average Bonchev–Trinajstić information content (AvgIpc) is 2.62. The molecule has 8 heteroatoms. The molecule has 0 aliphatic rings. The molecule has 0 saturated heterocycles. The number of anilines is 1. The zero-order chi connectivity index (χ0) is 20.0. The Hall–Kier alpha value is -3.18. The molecule has 2 rings (SSSR count). The minimum atomic E-state index is -0.672. The Bertz CT molecular complexity index is 923. The number of nitrogens with one attached hydrogen (secondary N) is 2. The first-order valence-electron chi connectivity index (χ1n) is 8.08. The molecule has 0 aliphatic heterocycles. The van der Waals surface area contributed by atoms with E-state index >= 15 is 0 Å². The second kappa shape index (κ2) is 8.96. The van der Waals surface area contributed by atoms with Crippen molar-refractivity contribution in [3.8, 4) is 6.07 Å². The summed E-state index contributed by atoms with van der Waals surface area (Å²) in [7, 11) is 0. The zero-order valence-electron chi connectivity index (χ0n) is 15.1. The molecule has 1 aromatic heterocycles. The number of nitriles is 1. The van der Waals surface area contributed by atoms with Gasteiger partial charge >= 0.3 is 6.03 Å². The number of nitrogens with zero attached hydrogens (tertiary/aromatic N) is 2. The van der Waals surface area contributed by atoms with E-state index in [2.05, 4.69) is 15.6 Å². The summed E-state index contributed by atoms with van der Waals surface area (Å²) < 4.78 is 0. The minimum Gasteiger partial charge on any atom is -0.308 e. The van der Waals surface area contributed by atoms with E-state index < -0.39 is 17.2 Å². The van der Waals surface area contributed by atoms with Gasteiger partial charge in [0.1, 0.15) is 11.1 Å². The molecule has 0 saturated carbocycles. The molecule has 2 aromatic rings. The highest BCUT2D eigenvalue weighted by Crippen LogP contribution is 2.27. The highest BCUT2D eigenvalue weighted by atomic mass is 32.2. The second-order valence-electron chi connectivity index (χ2n) is 5.71. The van der Waals surface area contributed by atoms with Crippen LogP contribution in [0.2, 0.25) is 0 Å². The molecular weight excluding hydrogens is 364 g/mol. The number of ketones is 1. The molecule has 1 atom stereocenters. The number of amides is 3. The van der Waals surface area contributed by atoms with Gasteiger partial charge in [-0.3, -0.25) is 14.9 Å². The van der Waals surface area contributed by atoms with Gasteiger partial charge in [-0.25, -0.2) is 9.78 Å². The Balaban J connectivity index is 2.06. The summed E-state index contributed by atoms with van der Waals surface area (Å²) in [5.74, 6) is -0.705. The number of carbonyl (C=O) groups is 3. The minimum absolute atomic E-state index is 0.184. The first-order chi connectivity index (χ1) is 12.8. The number of imide groups is 1. The van der Waals surface area contributed by atoms with Gasteiger partial charge in [0.2, 0.25) is 5.91 Å². The average molecular weight is 382 g/mol. The molecule has 7 nitrogen and oxygen atoms in total. The second-order valence-corrected chi connectivity index (χ2v) is 7.04. The van der Waals surface area contributed by atoms with Crippen LogP contribution in [0.5, 0.6) is 0 Å². The topological polar surface area (TPSA) is 112 Å². The van der Waals surface area contributed by atoms with E-state index in [0.29, 0.717) is 22.0 Å². The van der Waals surface area contributed by atoms with Crippen LogP contribution in [0.3, 0.4) is 0 Å². The molecular formula is C19H18N4O3S. The third kappa shape index (κ3) is 5.39. The van der Waals surface area contributed by atoms with E-state index in [1.165, 1.54) is 13.0 Å². The van der Waals surface area contributed by atoms with E-state index in [1.807, 2.05) is 12.1 Å². The maximum Gasteiger partial charge on any atom is 0.325 e. The summed E-state index contributed by atoms with van der Waals surface area (Å²) in [5, 5.41) is 13.8. The molecule has 0 aliphatic carbocycles. The fourth-order valence-corrected chi connectivity index (χ4v) is 3.15. The molecule has 0 fully saturated rings. The smallest absolute Gasteiger partial charge is 0.308 e. The highest BCUT2D eigenvalue weighted by molar-refractivity contribution is 8.00. The quantitative estimate of drug-likeness (QED) is 0.606. The number of thioether (sulfide) groups is 1. The fraction of sp³-hybridized carbons (Fsp3) is 0.211. The summed E-state index contributed by atoms with van der Waals surface area (Å²) in [6.45, 7) is 4.67. The third-order valence-electron chi connectivity index (χ3n) is 3.60. The van der Waals surface area contributed by atoms with Gasteiger partial charge in [-0.2, -0.15) is 5.26 Å². The molecule has 2 N–H and O–H groups in total. The Morgan fingerprint density at radius 1 is 1.22 bits per heavy atom. The number of carbonyl (C=O) groups excluding carboxylic acids is 3. The number of aryl methyl sites for hydroxylation is 1. The van der Waals surface area contributed by atoms with Gasteiger partial charge in [-0.15, -0.1) is 0 Å². The van der Waals surface area contributed by atoms with E-state index in [0.717, 1.165) is 11.8 Å². The molecule has 27 heavy (non-hydrogen) atoms. The maximum absolute atomic E-state index is 12.3. The van der Waals surface area contributed by atoms with Gasteiger partial charge in [0.15, 0.2) is 5.78 Å². The van der Waals surface area contributed by atoms with Crippen LogP contribution >= 0.6 is 11.8 Å². The number of urea groups is 1. The van der Waals surface area contributed by atoms with Crippen LogP contribution in [-0.4, -0.2) is 28.0 Å². The number of hydrogen-bond donors (Lipinski definition) is 2. The van der Waals surface area contributed by atoms with Crippen molar-refractivity contribution in [2.75, 3.05) is 5.32 Å². The molecule has 1 aromatic carbocycles. The first kappa shape index (κ1) is 20.1. The highest BCUT2D eigenvalue weighted by Gasteiger charge is 2.21. The van der Waals surface area contributed by atoms with Crippen LogP contribution in [0.1, 0.15) is 35.5 Å². The van der Waals surface area contributed by atoms with Crippen LogP contribution in [0.15, 0.2) is 41.4 Å². The van der Waals surface area contributed by atoms with Gasteiger partial charge in [-0.05, 0) is 39.0 Å². The number of aromatic nitrogens is 1. The van der Waals surface area contributed by atoms with Crippen molar-refractivity contribution < 1.29 is 14.4 Å². The van der Waals surface area contributed by atoms with Crippen molar-refractivity contribution in [3.05, 3.63) is 53.2 Å². The number of pyridine rings is 1. The van der Waals surface area contributed by atoms with Crippen molar-refractivity contribution in [2.45, 2.75) is 31.0 Å². The zero-order valence-corrected chi connectivity index (χ0v) is 15.9. The lowest BCUT2D eigenvalue weighted by molar-refractivity contribution is -0.119. The summed E-state index contributed by atoms with van der Waals surface area (Å²) in [5.41, 5.74) is 1.63. The normalized spacial score (nSPS) is 11.2. The van der Waals surface area contributed by atoms with Crippen molar-refractivity contribution in [2.24, 2.45) is 0 Å². The van der Waals surface area contributed by atoms with Gasteiger partial charge in [0, 0.05) is 16.9 Å². The predicted molar refractivity (Wildman–Crippen MR) is 103 cm³/mol. The van der Waals surface area contributed by atoms with Gasteiger partial charge in [0.05, 0.1) is 10.8 Å². The van der Waals surface area contributed by atoms with Crippen molar-refractivity contribution >= 4 is 35.2 Å². The summed E-state index contributed by atoms with van der Waals surface area (Å²) in [4.78, 5) is 40.0. The Labute approximate surface area is 161 Å². The fourth-order valence-electron chi connectivity index (χ4n) is 2.23. The first-order valence-corrected chi connectivity index (χ1v) is 8.96. The lowest BCUT2D eigenvalue weighted by Crippen LogP contribution is -2.38. The number of para-hydroxylation sites is 1. The lowest BCUT2D eigenvalue weighted by atomic mass is 10.1. The largest absolute Gasteiger partial charge is 0.325 e.